The first kappa shape index (κ1) is 15.2. The molecule has 0 unspecified atom stereocenters. The van der Waals surface area contributed by atoms with Crippen molar-refractivity contribution in [2.45, 2.75) is 19.3 Å². The molecule has 0 atom stereocenters. The number of hydrogen-bond donors (Lipinski definition) is 0. The summed E-state index contributed by atoms with van der Waals surface area (Å²) in [7, 11) is 3.72. The number of hydrogen-bond acceptors (Lipinski definition) is 4. The van der Waals surface area contributed by atoms with Gasteiger partial charge in [-0.1, -0.05) is 0 Å². The Morgan fingerprint density at radius 3 is 2.75 bits per heavy atom. The molecule has 1 aliphatic carbocycles. The van der Waals surface area contributed by atoms with Crippen LogP contribution in [-0.4, -0.2) is 31.1 Å². The maximum atomic E-state index is 12.4. The standard InChI is InChI=1S/C15H17BrN2OS/c1-18(2)17-7-6-11-4-3-5-12(15(11)19)8-14-9-13(16)10-20-14/h6-10H,3-5H2,1-2H3/b11-6+,12-8-,17-7-. The first-order chi connectivity index (χ1) is 9.56. The number of carbonyl (C=O) groups is 1. The molecule has 1 fully saturated rings. The zero-order valence-electron chi connectivity index (χ0n) is 11.6. The fourth-order valence-corrected chi connectivity index (χ4v) is 3.43. The third-order valence-electron chi connectivity index (χ3n) is 2.95. The van der Waals surface area contributed by atoms with Crippen LogP contribution in [0, 0.1) is 0 Å². The summed E-state index contributed by atoms with van der Waals surface area (Å²) in [5.41, 5.74) is 1.75. The van der Waals surface area contributed by atoms with Gasteiger partial charge in [-0.25, -0.2) is 0 Å². The first-order valence-corrected chi connectivity index (χ1v) is 8.13. The van der Waals surface area contributed by atoms with Crippen molar-refractivity contribution in [2.75, 3.05) is 14.1 Å². The number of carbonyl (C=O) groups excluding carboxylic acids is 1. The number of thiophene rings is 1. The second-order valence-electron chi connectivity index (χ2n) is 4.82. The largest absolute Gasteiger partial charge is 0.303 e. The van der Waals surface area contributed by atoms with E-state index in [-0.39, 0.29) is 5.78 Å². The topological polar surface area (TPSA) is 32.7 Å². The van der Waals surface area contributed by atoms with Gasteiger partial charge in [0.2, 0.25) is 0 Å². The summed E-state index contributed by atoms with van der Waals surface area (Å²) >= 11 is 5.07. The van der Waals surface area contributed by atoms with Gasteiger partial charge >= 0.3 is 0 Å². The Hall–Kier alpha value is -1.20. The molecule has 5 heteroatoms. The van der Waals surface area contributed by atoms with Gasteiger partial charge < -0.3 is 5.01 Å². The Labute approximate surface area is 131 Å². The van der Waals surface area contributed by atoms with Crippen LogP contribution in [0.2, 0.25) is 0 Å². The number of allylic oxidation sites excluding steroid dienone is 3. The van der Waals surface area contributed by atoms with E-state index in [9.17, 15) is 4.79 Å². The van der Waals surface area contributed by atoms with Gasteiger partial charge in [0.25, 0.3) is 0 Å². The Bertz CT molecular complexity index is 584. The van der Waals surface area contributed by atoms with E-state index in [1.807, 2.05) is 37.7 Å². The molecule has 0 amide bonds. The van der Waals surface area contributed by atoms with Crippen molar-refractivity contribution in [2.24, 2.45) is 5.10 Å². The van der Waals surface area contributed by atoms with Crippen molar-refractivity contribution in [3.8, 4) is 0 Å². The average molecular weight is 353 g/mol. The van der Waals surface area contributed by atoms with E-state index in [4.69, 9.17) is 0 Å². The summed E-state index contributed by atoms with van der Waals surface area (Å²) in [6.45, 7) is 0. The predicted octanol–water partition coefficient (Wildman–Crippen LogP) is 4.12. The number of Topliss-reactive ketones (excluding diaryl/α,β-unsaturated/α-hetero) is 1. The van der Waals surface area contributed by atoms with Gasteiger partial charge in [-0.05, 0) is 53.4 Å². The number of nitrogens with zero attached hydrogens (tertiary/aromatic N) is 2. The Morgan fingerprint density at radius 1 is 1.35 bits per heavy atom. The molecule has 2 rings (SSSR count). The monoisotopic (exact) mass is 352 g/mol. The highest BCUT2D eigenvalue weighted by Gasteiger charge is 2.20. The van der Waals surface area contributed by atoms with Crippen LogP contribution in [0.1, 0.15) is 24.1 Å². The smallest absolute Gasteiger partial charge is 0.185 e. The van der Waals surface area contributed by atoms with Gasteiger partial charge in [0.05, 0.1) is 0 Å². The number of hydrazone groups is 1. The lowest BCUT2D eigenvalue weighted by Crippen LogP contribution is -2.12. The molecule has 1 aliphatic rings. The average Bonchev–Trinajstić information content (AvgIpc) is 2.79. The second kappa shape index (κ2) is 6.99. The first-order valence-electron chi connectivity index (χ1n) is 6.46. The lowest BCUT2D eigenvalue weighted by atomic mass is 9.88. The molecule has 3 nitrogen and oxygen atoms in total. The molecule has 0 spiro atoms. The minimum atomic E-state index is 0.158. The molecule has 106 valence electrons. The molecule has 0 aromatic carbocycles. The van der Waals surface area contributed by atoms with Crippen molar-refractivity contribution in [3.63, 3.8) is 0 Å². The normalized spacial score (nSPS) is 20.2. The lowest BCUT2D eigenvalue weighted by Gasteiger charge is -2.15. The summed E-state index contributed by atoms with van der Waals surface area (Å²) in [6.07, 6.45) is 8.25. The third-order valence-corrected chi connectivity index (χ3v) is 4.59. The highest BCUT2D eigenvalue weighted by atomic mass is 79.9. The maximum Gasteiger partial charge on any atom is 0.185 e. The Morgan fingerprint density at radius 2 is 2.10 bits per heavy atom. The minimum Gasteiger partial charge on any atom is -0.303 e. The molecule has 1 heterocycles. The summed E-state index contributed by atoms with van der Waals surface area (Å²) in [5.74, 6) is 0.158. The highest BCUT2D eigenvalue weighted by Crippen LogP contribution is 2.28. The third kappa shape index (κ3) is 4.15. The van der Waals surface area contributed by atoms with Crippen LogP contribution in [0.5, 0.6) is 0 Å². The van der Waals surface area contributed by atoms with Crippen LogP contribution in [0.4, 0.5) is 0 Å². The Balaban J connectivity index is 2.16. The van der Waals surface area contributed by atoms with Crippen LogP contribution in [0.15, 0.2) is 38.2 Å². The van der Waals surface area contributed by atoms with Gasteiger partial charge in [-0.15, -0.1) is 11.3 Å². The molecule has 1 aromatic rings. The van der Waals surface area contributed by atoms with Crippen molar-refractivity contribution >= 4 is 45.3 Å². The number of ketones is 1. The number of halogens is 1. The van der Waals surface area contributed by atoms with Gasteiger partial charge in [0.1, 0.15) is 0 Å². The zero-order valence-corrected chi connectivity index (χ0v) is 14.0. The molecule has 0 radical (unpaired) electrons. The summed E-state index contributed by atoms with van der Waals surface area (Å²) in [4.78, 5) is 13.5. The van der Waals surface area contributed by atoms with Crippen molar-refractivity contribution in [1.29, 1.82) is 0 Å². The molecule has 1 aromatic heterocycles. The fourth-order valence-electron chi connectivity index (χ4n) is 2.03. The SMILES string of the molecule is CN(C)/N=C\C=C1/CCC/C(=C/c2cc(Br)cs2)C1=O. The maximum absolute atomic E-state index is 12.4. The molecular formula is C15H17BrN2OS. The molecule has 0 saturated heterocycles. The quantitative estimate of drug-likeness (QED) is 0.465. The minimum absolute atomic E-state index is 0.158. The van der Waals surface area contributed by atoms with E-state index in [0.717, 1.165) is 39.8 Å². The summed E-state index contributed by atoms with van der Waals surface area (Å²) in [5, 5.41) is 7.86. The van der Waals surface area contributed by atoms with Gasteiger partial charge in [-0.2, -0.15) is 5.10 Å². The van der Waals surface area contributed by atoms with E-state index >= 15 is 0 Å². The van der Waals surface area contributed by atoms with Crippen LogP contribution in [0.25, 0.3) is 6.08 Å². The highest BCUT2D eigenvalue weighted by molar-refractivity contribution is 9.10. The zero-order chi connectivity index (χ0) is 14.5. The van der Waals surface area contributed by atoms with Gasteiger partial charge in [-0.3, -0.25) is 4.79 Å². The van der Waals surface area contributed by atoms with E-state index in [2.05, 4.69) is 21.0 Å². The summed E-state index contributed by atoms with van der Waals surface area (Å²) < 4.78 is 1.06. The van der Waals surface area contributed by atoms with Gasteiger partial charge in [0.15, 0.2) is 5.78 Å². The van der Waals surface area contributed by atoms with E-state index in [1.165, 1.54) is 0 Å². The van der Waals surface area contributed by atoms with E-state index in [1.54, 1.807) is 22.6 Å². The van der Waals surface area contributed by atoms with Crippen LogP contribution >= 0.6 is 27.3 Å². The Kier molecular flexibility index (Phi) is 5.31. The van der Waals surface area contributed by atoms with Crippen molar-refractivity contribution in [3.05, 3.63) is 38.0 Å². The summed E-state index contributed by atoms with van der Waals surface area (Å²) in [6, 6.07) is 2.04. The van der Waals surface area contributed by atoms with E-state index < -0.39 is 0 Å². The molecule has 0 aliphatic heterocycles. The van der Waals surface area contributed by atoms with Crippen LogP contribution < -0.4 is 0 Å². The molecule has 0 N–H and O–H groups in total. The van der Waals surface area contributed by atoms with Gasteiger partial charge in [0, 0.05) is 46.2 Å². The molecule has 1 saturated carbocycles. The molecule has 0 bridgehead atoms. The molecular weight excluding hydrogens is 336 g/mol. The lowest BCUT2D eigenvalue weighted by molar-refractivity contribution is -0.112. The predicted molar refractivity (Wildman–Crippen MR) is 89.1 cm³/mol. The van der Waals surface area contributed by atoms with Crippen molar-refractivity contribution < 1.29 is 4.79 Å². The fraction of sp³-hybridized carbons (Fsp3) is 0.333. The van der Waals surface area contributed by atoms with Crippen LogP contribution in [0.3, 0.4) is 0 Å². The second-order valence-corrected chi connectivity index (χ2v) is 6.68. The molecule has 20 heavy (non-hydrogen) atoms. The van der Waals surface area contributed by atoms with Crippen LogP contribution in [-0.2, 0) is 4.79 Å². The van der Waals surface area contributed by atoms with E-state index in [0.29, 0.717) is 0 Å². The number of rotatable bonds is 3. The van der Waals surface area contributed by atoms with Crippen molar-refractivity contribution in [1.82, 2.24) is 5.01 Å².